The van der Waals surface area contributed by atoms with Gasteiger partial charge in [-0.2, -0.15) is 0 Å². The lowest BCUT2D eigenvalue weighted by atomic mass is 10.1. The number of hydrogen-bond acceptors (Lipinski definition) is 3. The third kappa shape index (κ3) is 2.64. The molecule has 1 fully saturated rings. The third-order valence-electron chi connectivity index (χ3n) is 2.03. The Morgan fingerprint density at radius 2 is 1.64 bits per heavy atom. The number of hydrogen-bond donors (Lipinski definition) is 0. The molecule has 11 heavy (non-hydrogen) atoms. The molecule has 0 spiro atoms. The summed E-state index contributed by atoms with van der Waals surface area (Å²) in [7, 11) is 2.12. The van der Waals surface area contributed by atoms with Crippen molar-refractivity contribution < 1.29 is 6.13 Å². The van der Waals surface area contributed by atoms with Crippen LogP contribution in [-0.4, -0.2) is 30.8 Å². The molecule has 66 valence electrons. The molecule has 0 radical (unpaired) electrons. The van der Waals surface area contributed by atoms with E-state index in [0.29, 0.717) is 0 Å². The minimum Gasteiger partial charge on any atom is -0.306 e. The van der Waals surface area contributed by atoms with Crippen LogP contribution in [0.15, 0.2) is 0 Å². The molecule has 0 amide bonds. The highest BCUT2D eigenvalue weighted by molar-refractivity contribution is 14.1. The summed E-state index contributed by atoms with van der Waals surface area (Å²) in [6, 6.07) is 0. The van der Waals surface area contributed by atoms with E-state index < -0.39 is 0 Å². The summed E-state index contributed by atoms with van der Waals surface area (Å²) < 4.78 is 10.6. The summed E-state index contributed by atoms with van der Waals surface area (Å²) in [6.45, 7) is 2.10. The first-order chi connectivity index (χ1) is 5.22. The van der Waals surface area contributed by atoms with Gasteiger partial charge in [-0.1, -0.05) is 0 Å². The molecule has 0 atom stereocenters. The Balaban J connectivity index is 2.45. The first-order valence-electron chi connectivity index (χ1n) is 3.50. The van der Waals surface area contributed by atoms with Crippen LogP contribution in [0.1, 0.15) is 12.8 Å². The maximum Gasteiger partial charge on any atom is 0.193 e. The second-order valence-electron chi connectivity index (χ2n) is 2.87. The molecular formula is C6H11I2NO2. The molecule has 1 saturated heterocycles. The lowest BCUT2D eigenvalue weighted by molar-refractivity contribution is -0.0918. The van der Waals surface area contributed by atoms with Gasteiger partial charge in [0, 0.05) is 25.9 Å². The van der Waals surface area contributed by atoms with Crippen molar-refractivity contribution >= 4 is 46.0 Å². The van der Waals surface area contributed by atoms with Gasteiger partial charge in [0.25, 0.3) is 0 Å². The van der Waals surface area contributed by atoms with Crippen LogP contribution in [0.25, 0.3) is 0 Å². The lowest BCUT2D eigenvalue weighted by Gasteiger charge is -2.35. The van der Waals surface area contributed by atoms with Crippen molar-refractivity contribution in [3.05, 3.63) is 0 Å². The van der Waals surface area contributed by atoms with Gasteiger partial charge in [-0.05, 0) is 7.05 Å². The Bertz CT molecular complexity index is 120. The monoisotopic (exact) mass is 383 g/mol. The second-order valence-corrected chi connectivity index (χ2v) is 3.75. The zero-order valence-electron chi connectivity index (χ0n) is 6.35. The number of nitrogens with zero attached hydrogens (tertiary/aromatic N) is 1. The molecule has 0 aromatic carbocycles. The molecule has 1 rings (SSSR count). The fourth-order valence-corrected chi connectivity index (χ4v) is 2.53. The minimum absolute atomic E-state index is 0.326. The maximum absolute atomic E-state index is 5.29. The Morgan fingerprint density at radius 3 is 2.00 bits per heavy atom. The third-order valence-corrected chi connectivity index (χ3v) is 3.64. The molecule has 0 aromatic rings. The minimum atomic E-state index is -0.326. The average molecular weight is 383 g/mol. The molecule has 0 N–H and O–H groups in total. The van der Waals surface area contributed by atoms with Crippen molar-refractivity contribution in [1.29, 1.82) is 0 Å². The average Bonchev–Trinajstić information content (AvgIpc) is 2.07. The molecule has 1 aliphatic heterocycles. The first kappa shape index (κ1) is 10.4. The van der Waals surface area contributed by atoms with Crippen molar-refractivity contribution in [2.75, 3.05) is 20.1 Å². The second kappa shape index (κ2) is 4.54. The van der Waals surface area contributed by atoms with Gasteiger partial charge in [0.1, 0.15) is 46.0 Å². The Morgan fingerprint density at radius 1 is 1.18 bits per heavy atom. The largest absolute Gasteiger partial charge is 0.306 e. The van der Waals surface area contributed by atoms with E-state index in [0.717, 1.165) is 25.9 Å². The highest BCUT2D eigenvalue weighted by Crippen LogP contribution is 2.31. The highest BCUT2D eigenvalue weighted by atomic mass is 127. The van der Waals surface area contributed by atoms with Crippen molar-refractivity contribution in [3.8, 4) is 0 Å². The molecule has 1 heterocycles. The maximum atomic E-state index is 5.29. The smallest absolute Gasteiger partial charge is 0.193 e. The van der Waals surface area contributed by atoms with Gasteiger partial charge in [0.15, 0.2) is 5.79 Å². The topological polar surface area (TPSA) is 21.7 Å². The van der Waals surface area contributed by atoms with Gasteiger partial charge in [-0.3, -0.25) is 6.13 Å². The predicted octanol–water partition coefficient (Wildman–Crippen LogP) is 2.14. The van der Waals surface area contributed by atoms with Crippen LogP contribution in [0.5, 0.6) is 0 Å². The lowest BCUT2D eigenvalue weighted by Crippen LogP contribution is -2.43. The van der Waals surface area contributed by atoms with Gasteiger partial charge < -0.3 is 4.90 Å². The fraction of sp³-hybridized carbons (Fsp3) is 1.00. The summed E-state index contributed by atoms with van der Waals surface area (Å²) in [6.07, 6.45) is 1.91. The molecule has 0 bridgehead atoms. The van der Waals surface area contributed by atoms with E-state index in [-0.39, 0.29) is 5.79 Å². The Labute approximate surface area is 95.2 Å². The van der Waals surface area contributed by atoms with Crippen molar-refractivity contribution in [3.63, 3.8) is 0 Å². The summed E-state index contributed by atoms with van der Waals surface area (Å²) in [5.41, 5.74) is 0. The molecule has 0 aliphatic carbocycles. The zero-order chi connectivity index (χ0) is 8.32. The summed E-state index contributed by atoms with van der Waals surface area (Å²) in [5.74, 6) is -0.326. The fourth-order valence-electron chi connectivity index (χ4n) is 1.13. The van der Waals surface area contributed by atoms with Crippen LogP contribution in [0.4, 0.5) is 0 Å². The van der Waals surface area contributed by atoms with Gasteiger partial charge in [-0.25, -0.2) is 0 Å². The highest BCUT2D eigenvalue weighted by Gasteiger charge is 2.35. The Kier molecular flexibility index (Phi) is 4.30. The quantitative estimate of drug-likeness (QED) is 0.539. The van der Waals surface area contributed by atoms with Crippen LogP contribution in [0.2, 0.25) is 0 Å². The van der Waals surface area contributed by atoms with Crippen LogP contribution in [0.3, 0.4) is 0 Å². The molecule has 0 saturated carbocycles. The van der Waals surface area contributed by atoms with Crippen LogP contribution < -0.4 is 0 Å². The summed E-state index contributed by atoms with van der Waals surface area (Å²) in [4.78, 5) is 2.28. The summed E-state index contributed by atoms with van der Waals surface area (Å²) in [5, 5.41) is 0. The molecule has 1 aliphatic rings. The van der Waals surface area contributed by atoms with Crippen LogP contribution in [0, 0.1) is 0 Å². The van der Waals surface area contributed by atoms with E-state index in [1.54, 1.807) is 0 Å². The van der Waals surface area contributed by atoms with E-state index >= 15 is 0 Å². The first-order valence-corrected chi connectivity index (χ1v) is 5.27. The normalized spacial score (nSPS) is 25.4. The SMILES string of the molecule is CN1CCC(OI)(OI)CC1. The molecule has 3 nitrogen and oxygen atoms in total. The number of piperidine rings is 1. The number of halogens is 2. The van der Waals surface area contributed by atoms with Crippen molar-refractivity contribution in [2.45, 2.75) is 18.6 Å². The molecule has 5 heteroatoms. The predicted molar refractivity (Wildman–Crippen MR) is 59.7 cm³/mol. The molecular weight excluding hydrogens is 372 g/mol. The number of rotatable bonds is 2. The van der Waals surface area contributed by atoms with Crippen molar-refractivity contribution in [2.24, 2.45) is 0 Å². The zero-order valence-corrected chi connectivity index (χ0v) is 10.7. The van der Waals surface area contributed by atoms with Gasteiger partial charge in [-0.15, -0.1) is 0 Å². The van der Waals surface area contributed by atoms with E-state index in [2.05, 4.69) is 11.9 Å². The standard InChI is InChI=1S/C6H11I2NO2/c1-9-4-2-6(10-7,11-8)3-5-9/h2-5H2,1H3. The number of likely N-dealkylation sites (tertiary alicyclic amines) is 1. The van der Waals surface area contributed by atoms with Crippen LogP contribution in [-0.2, 0) is 6.13 Å². The van der Waals surface area contributed by atoms with E-state index in [9.17, 15) is 0 Å². The van der Waals surface area contributed by atoms with Crippen LogP contribution >= 0.6 is 46.0 Å². The molecule has 0 aromatic heterocycles. The Hall–Kier alpha value is 1.34. The summed E-state index contributed by atoms with van der Waals surface area (Å²) >= 11 is 3.84. The van der Waals surface area contributed by atoms with E-state index in [1.807, 2.05) is 46.0 Å². The van der Waals surface area contributed by atoms with Gasteiger partial charge in [0.05, 0.1) is 0 Å². The molecule has 0 unspecified atom stereocenters. The van der Waals surface area contributed by atoms with E-state index in [4.69, 9.17) is 6.13 Å². The van der Waals surface area contributed by atoms with Crippen molar-refractivity contribution in [1.82, 2.24) is 4.90 Å². The van der Waals surface area contributed by atoms with Gasteiger partial charge >= 0.3 is 0 Å². The van der Waals surface area contributed by atoms with Gasteiger partial charge in [0.2, 0.25) is 0 Å². The van der Waals surface area contributed by atoms with E-state index in [1.165, 1.54) is 0 Å².